The maximum absolute atomic E-state index is 13.8. The van der Waals surface area contributed by atoms with Crippen molar-refractivity contribution >= 4 is 58.2 Å². The van der Waals surface area contributed by atoms with Gasteiger partial charge in [-0.25, -0.2) is 19.9 Å². The molecule has 20 heteroatoms. The summed E-state index contributed by atoms with van der Waals surface area (Å²) in [7, 11) is 0. The summed E-state index contributed by atoms with van der Waals surface area (Å²) in [5, 5.41) is 15.2. The average Bonchev–Trinajstić information content (AvgIpc) is 0.887. The molecule has 528 valence electrons. The Labute approximate surface area is 596 Å². The summed E-state index contributed by atoms with van der Waals surface area (Å²) < 4.78 is 17.3. The quantitative estimate of drug-likeness (QED) is 0.0338. The van der Waals surface area contributed by atoms with Gasteiger partial charge < -0.3 is 39.8 Å². The van der Waals surface area contributed by atoms with E-state index in [1.807, 2.05) is 148 Å². The number of rotatable bonds is 26. The molecule has 3 N–H and O–H groups in total. The first-order chi connectivity index (χ1) is 47.4. The van der Waals surface area contributed by atoms with Gasteiger partial charge in [-0.15, -0.1) is 22.7 Å². The van der Waals surface area contributed by atoms with Crippen molar-refractivity contribution in [3.05, 3.63) is 177 Å². The number of likely N-dealkylation sites (tertiary alicyclic amines) is 2. The number of carbonyl (C=O) groups is 6. The number of amides is 4. The number of esters is 1. The zero-order valence-electron chi connectivity index (χ0n) is 59.9. The number of hydrogen-bond acceptors (Lipinski definition) is 15. The fourth-order valence-electron chi connectivity index (χ4n) is 11.2. The lowest BCUT2D eigenvalue weighted by Crippen LogP contribution is -2.59. The second-order valence-corrected chi connectivity index (χ2v) is 32.0. The Morgan fingerprint density at radius 1 is 0.480 bits per heavy atom. The second kappa shape index (κ2) is 33.4. The summed E-state index contributed by atoms with van der Waals surface area (Å²) in [6, 6.07) is 37.1. The zero-order chi connectivity index (χ0) is 72.1. The van der Waals surface area contributed by atoms with Crippen LogP contribution in [0.5, 0.6) is 11.5 Å². The Hall–Kier alpha value is -9.14. The minimum atomic E-state index is -0.922. The summed E-state index contributed by atoms with van der Waals surface area (Å²) in [5.41, 5.74) is 6.40. The van der Waals surface area contributed by atoms with Crippen molar-refractivity contribution in [2.75, 3.05) is 39.4 Å². The monoisotopic (exact) mass is 1390 g/mol. The molecule has 0 radical (unpaired) electrons. The standard InChI is InChI=1S/C42H52N4O5S.C38H44N4O5S/c1-27(2)10-9-21-50-33-17-15-29(16-18-33)31-23-43-37(44-24-31)30-13-11-28(12-14-30)22-34(45-38(47)35-19-20-36(52-35)41(3,4)5)39(48)46-25-32(26-46)40(49)51-42(6,7)8;1-24(2)7-6-18-47-30-14-12-26(13-15-30)28-20-39-34(40-21-28)27-10-8-25(9-11-27)19-31(36(44)42-22-29(23-42)37(45)46)41-35(43)32-16-17-33(48-32)38(3,4)5/h11-20,23-24,27,32,34H,9-10,21-22,25-26H2,1-8H3,(H,45,47);8-17,20-21,24,29,31H,6-7,18-19,22-23H2,1-5H3,(H,41,43)(H,45,46)/t34-;31-/m00/s1. The van der Waals surface area contributed by atoms with E-state index < -0.39 is 29.6 Å². The number of benzene rings is 4. The van der Waals surface area contributed by atoms with Gasteiger partial charge in [0.25, 0.3) is 11.8 Å². The van der Waals surface area contributed by atoms with Crippen LogP contribution in [0.1, 0.15) is 156 Å². The highest BCUT2D eigenvalue weighted by Gasteiger charge is 2.42. The van der Waals surface area contributed by atoms with E-state index in [4.69, 9.17) is 14.2 Å². The molecule has 0 unspecified atom stereocenters. The van der Waals surface area contributed by atoms with Crippen LogP contribution in [0.25, 0.3) is 45.0 Å². The Balaban J connectivity index is 0.000000234. The molecule has 100 heavy (non-hydrogen) atoms. The molecule has 0 bridgehead atoms. The average molecular weight is 1390 g/mol. The molecule has 4 aromatic heterocycles. The second-order valence-electron chi connectivity index (χ2n) is 29.8. The van der Waals surface area contributed by atoms with Crippen LogP contribution in [0.2, 0.25) is 0 Å². The zero-order valence-corrected chi connectivity index (χ0v) is 61.6. The number of carboxylic acids is 1. The molecule has 10 rings (SSSR count). The lowest BCUT2D eigenvalue weighted by molar-refractivity contribution is -0.168. The van der Waals surface area contributed by atoms with Gasteiger partial charge in [0.2, 0.25) is 11.8 Å². The smallest absolute Gasteiger partial charge is 0.313 e. The summed E-state index contributed by atoms with van der Waals surface area (Å²) in [5.74, 6) is 0.870. The number of carbonyl (C=O) groups excluding carboxylic acids is 5. The third-order valence-corrected chi connectivity index (χ3v) is 20.2. The molecule has 2 fully saturated rings. The summed E-state index contributed by atoms with van der Waals surface area (Å²) in [4.78, 5) is 103. The fourth-order valence-corrected chi connectivity index (χ4v) is 13.1. The van der Waals surface area contributed by atoms with Gasteiger partial charge in [0.15, 0.2) is 11.6 Å². The van der Waals surface area contributed by atoms with Crippen LogP contribution < -0.4 is 20.1 Å². The summed E-state index contributed by atoms with van der Waals surface area (Å²) in [6.07, 6.45) is 12.1. The Morgan fingerprint density at radius 2 is 0.830 bits per heavy atom. The third-order valence-electron chi connectivity index (χ3n) is 17.2. The van der Waals surface area contributed by atoms with Gasteiger partial charge >= 0.3 is 11.9 Å². The van der Waals surface area contributed by atoms with E-state index in [0.29, 0.717) is 46.5 Å². The van der Waals surface area contributed by atoms with Crippen molar-refractivity contribution in [2.24, 2.45) is 23.7 Å². The largest absolute Gasteiger partial charge is 0.494 e. The first-order valence-corrected chi connectivity index (χ1v) is 36.2. The fraction of sp³-hybridized carbons (Fsp3) is 0.425. The molecular formula is C80H96N8O10S2. The lowest BCUT2D eigenvalue weighted by Gasteiger charge is -2.40. The van der Waals surface area contributed by atoms with Gasteiger partial charge in [0, 0.05) is 95.8 Å². The van der Waals surface area contributed by atoms with Crippen molar-refractivity contribution in [1.29, 1.82) is 0 Å². The van der Waals surface area contributed by atoms with E-state index in [0.717, 1.165) is 91.4 Å². The molecule has 0 aliphatic carbocycles. The van der Waals surface area contributed by atoms with Gasteiger partial charge in [-0.1, -0.05) is 142 Å². The Bertz CT molecular complexity index is 4050. The molecule has 4 amide bonds. The molecule has 2 aliphatic heterocycles. The number of aromatic nitrogens is 4. The van der Waals surface area contributed by atoms with Crippen molar-refractivity contribution in [3.8, 4) is 56.5 Å². The number of carboxylic acid groups (broad SMARTS) is 1. The van der Waals surface area contributed by atoms with Gasteiger partial charge in [0.1, 0.15) is 29.2 Å². The molecule has 8 aromatic rings. The molecule has 0 spiro atoms. The van der Waals surface area contributed by atoms with E-state index in [1.54, 1.807) is 23.4 Å². The highest BCUT2D eigenvalue weighted by atomic mass is 32.1. The minimum Gasteiger partial charge on any atom is -0.494 e. The van der Waals surface area contributed by atoms with Crippen LogP contribution in [-0.4, -0.2) is 127 Å². The Morgan fingerprint density at radius 3 is 1.15 bits per heavy atom. The maximum atomic E-state index is 13.8. The molecule has 18 nitrogen and oxygen atoms in total. The lowest BCUT2D eigenvalue weighted by atomic mass is 9.95. The molecule has 2 saturated heterocycles. The first kappa shape index (κ1) is 75.1. The van der Waals surface area contributed by atoms with Crippen LogP contribution in [0.15, 0.2) is 146 Å². The number of aliphatic carboxylic acids is 1. The summed E-state index contributed by atoms with van der Waals surface area (Å²) in [6.45, 7) is 29.1. The SMILES string of the molecule is CC(C)CCCOc1ccc(-c2cnc(-c3ccc(C[C@H](NC(=O)c4ccc(C(C)(C)C)s4)C(=O)N4CC(C(=O)O)C4)cc3)nc2)cc1.CC(C)CCCOc1ccc(-c2cnc(-c3ccc(C[C@H](NC(=O)c4ccc(C(C)(C)C)s4)C(=O)N4CC(C(=O)OC(C)(C)C)C4)cc3)nc2)cc1. The van der Waals surface area contributed by atoms with Crippen molar-refractivity contribution in [1.82, 2.24) is 40.4 Å². The topological polar surface area (TPSA) is 232 Å². The van der Waals surface area contributed by atoms with Gasteiger partial charge in [-0.3, -0.25) is 28.8 Å². The third kappa shape index (κ3) is 21.2. The Kier molecular flexibility index (Phi) is 25.0. The number of thiophene rings is 2. The highest BCUT2D eigenvalue weighted by Crippen LogP contribution is 2.33. The minimum absolute atomic E-state index is 0.0913. The molecule has 6 heterocycles. The van der Waals surface area contributed by atoms with Crippen LogP contribution in [0.3, 0.4) is 0 Å². The molecule has 4 aromatic carbocycles. The van der Waals surface area contributed by atoms with Crippen LogP contribution in [0, 0.1) is 23.7 Å². The predicted molar refractivity (Wildman–Crippen MR) is 395 cm³/mol. The molecule has 2 atom stereocenters. The number of hydrogen-bond donors (Lipinski definition) is 3. The van der Waals surface area contributed by atoms with Crippen molar-refractivity contribution in [2.45, 2.75) is 157 Å². The molecule has 2 aliphatic rings. The van der Waals surface area contributed by atoms with Crippen LogP contribution in [0.4, 0.5) is 0 Å². The number of nitrogens with zero attached hydrogens (tertiary/aromatic N) is 6. The van der Waals surface area contributed by atoms with Gasteiger partial charge in [-0.05, 0) is 140 Å². The number of ether oxygens (including phenoxy) is 3. The molecule has 0 saturated carbocycles. The molecular weight excluding hydrogens is 1300 g/mol. The van der Waals surface area contributed by atoms with E-state index in [-0.39, 0.29) is 85.4 Å². The van der Waals surface area contributed by atoms with Crippen LogP contribution in [-0.2, 0) is 47.6 Å². The van der Waals surface area contributed by atoms with E-state index >= 15 is 0 Å². The first-order valence-electron chi connectivity index (χ1n) is 34.6. The van der Waals surface area contributed by atoms with Crippen molar-refractivity contribution in [3.63, 3.8) is 0 Å². The summed E-state index contributed by atoms with van der Waals surface area (Å²) >= 11 is 2.84. The van der Waals surface area contributed by atoms with Gasteiger partial charge in [0.05, 0.1) is 34.8 Å². The normalized spacial score (nSPS) is 14.1. The van der Waals surface area contributed by atoms with E-state index in [9.17, 15) is 33.9 Å². The maximum Gasteiger partial charge on any atom is 0.313 e. The van der Waals surface area contributed by atoms with E-state index in [2.05, 4.69) is 99.8 Å². The highest BCUT2D eigenvalue weighted by molar-refractivity contribution is 7.14. The predicted octanol–water partition coefficient (Wildman–Crippen LogP) is 15.0. The van der Waals surface area contributed by atoms with Crippen LogP contribution >= 0.6 is 22.7 Å². The van der Waals surface area contributed by atoms with E-state index in [1.165, 1.54) is 27.6 Å². The van der Waals surface area contributed by atoms with Crippen molar-refractivity contribution < 1.29 is 48.1 Å². The number of nitrogens with one attached hydrogen (secondary N) is 2. The van der Waals surface area contributed by atoms with Gasteiger partial charge in [-0.2, -0.15) is 0 Å².